The van der Waals surface area contributed by atoms with Crippen LogP contribution >= 0.6 is 0 Å². The van der Waals surface area contributed by atoms with Crippen molar-refractivity contribution < 1.29 is 13.2 Å². The second-order valence-corrected chi connectivity index (χ2v) is 13.3. The van der Waals surface area contributed by atoms with E-state index in [1.54, 1.807) is 28.6 Å². The van der Waals surface area contributed by atoms with E-state index in [9.17, 15) is 13.2 Å². The molecule has 5 nitrogen and oxygen atoms in total. The SMILES string of the molecule is Cc1ccc(C23C[C@@H]4C[C@@H](CC(C(=O)N5CCN(S(=O)(=O)c6ccccc6)CC5)(C4)C2)C3)cc1. The number of hydrogen-bond donors (Lipinski definition) is 0. The maximum atomic E-state index is 14.1. The van der Waals surface area contributed by atoms with Crippen LogP contribution in [0.25, 0.3) is 0 Å². The fourth-order valence-electron chi connectivity index (χ4n) is 7.97. The van der Waals surface area contributed by atoms with Gasteiger partial charge >= 0.3 is 0 Å². The Morgan fingerprint density at radius 1 is 0.853 bits per heavy atom. The summed E-state index contributed by atoms with van der Waals surface area (Å²) < 4.78 is 27.6. The van der Waals surface area contributed by atoms with Crippen molar-refractivity contribution in [3.8, 4) is 0 Å². The number of benzene rings is 2. The molecule has 0 aromatic heterocycles. The van der Waals surface area contributed by atoms with Gasteiger partial charge in [-0.3, -0.25) is 4.79 Å². The van der Waals surface area contributed by atoms with E-state index in [-0.39, 0.29) is 16.7 Å². The summed E-state index contributed by atoms with van der Waals surface area (Å²) >= 11 is 0. The number of nitrogens with zero attached hydrogens (tertiary/aromatic N) is 2. The quantitative estimate of drug-likeness (QED) is 0.656. The summed E-state index contributed by atoms with van der Waals surface area (Å²) in [5.74, 6) is 1.55. The Kier molecular flexibility index (Phi) is 5.19. The molecule has 1 aliphatic heterocycles. The summed E-state index contributed by atoms with van der Waals surface area (Å²) in [5.41, 5.74) is 2.56. The molecule has 0 radical (unpaired) electrons. The van der Waals surface area contributed by atoms with Crippen molar-refractivity contribution in [1.82, 2.24) is 9.21 Å². The second kappa shape index (κ2) is 7.92. The number of piperazine rings is 1. The Labute approximate surface area is 203 Å². The molecule has 4 atom stereocenters. The van der Waals surface area contributed by atoms with E-state index in [1.807, 2.05) is 11.0 Å². The molecule has 0 spiro atoms. The van der Waals surface area contributed by atoms with Crippen LogP contribution in [0.15, 0.2) is 59.5 Å². The van der Waals surface area contributed by atoms with E-state index < -0.39 is 10.0 Å². The monoisotopic (exact) mass is 478 g/mol. The van der Waals surface area contributed by atoms with Crippen molar-refractivity contribution in [3.05, 3.63) is 65.7 Å². The molecule has 5 aliphatic rings. The van der Waals surface area contributed by atoms with E-state index in [1.165, 1.54) is 30.4 Å². The second-order valence-electron chi connectivity index (χ2n) is 11.4. The molecule has 4 bridgehead atoms. The van der Waals surface area contributed by atoms with Crippen LogP contribution in [0.2, 0.25) is 0 Å². The molecule has 180 valence electrons. The molecular weight excluding hydrogens is 444 g/mol. The largest absolute Gasteiger partial charge is 0.340 e. The molecule has 4 aliphatic carbocycles. The number of rotatable bonds is 4. The lowest BCUT2D eigenvalue weighted by Crippen LogP contribution is -2.61. The Hall–Kier alpha value is -2.18. The van der Waals surface area contributed by atoms with Crippen molar-refractivity contribution in [2.24, 2.45) is 17.3 Å². The van der Waals surface area contributed by atoms with Crippen molar-refractivity contribution in [1.29, 1.82) is 0 Å². The van der Waals surface area contributed by atoms with Gasteiger partial charge in [0.05, 0.1) is 10.3 Å². The van der Waals surface area contributed by atoms with Gasteiger partial charge in [-0.15, -0.1) is 0 Å². The predicted molar refractivity (Wildman–Crippen MR) is 132 cm³/mol. The lowest BCUT2D eigenvalue weighted by atomic mass is 9.42. The van der Waals surface area contributed by atoms with Gasteiger partial charge in [0.25, 0.3) is 0 Å². The predicted octanol–water partition coefficient (Wildman–Crippen LogP) is 4.37. The van der Waals surface area contributed by atoms with Gasteiger partial charge in [-0.25, -0.2) is 8.42 Å². The van der Waals surface area contributed by atoms with Crippen LogP contribution < -0.4 is 0 Å². The highest BCUT2D eigenvalue weighted by Gasteiger charge is 2.61. The summed E-state index contributed by atoms with van der Waals surface area (Å²) in [6.07, 6.45) is 6.68. The Balaban J connectivity index is 1.21. The molecule has 1 heterocycles. The third kappa shape index (κ3) is 3.53. The molecular formula is C28H34N2O3S. The average Bonchev–Trinajstić information content (AvgIpc) is 2.84. The first kappa shape index (κ1) is 22.3. The van der Waals surface area contributed by atoms with Gasteiger partial charge < -0.3 is 4.90 Å². The zero-order valence-corrected chi connectivity index (χ0v) is 20.8. The van der Waals surface area contributed by atoms with Crippen LogP contribution in [-0.4, -0.2) is 49.7 Å². The maximum Gasteiger partial charge on any atom is 0.243 e. The average molecular weight is 479 g/mol. The summed E-state index contributed by atoms with van der Waals surface area (Å²) in [5, 5.41) is 0. The normalized spacial score (nSPS) is 33.3. The molecule has 7 rings (SSSR count). The first-order valence-corrected chi connectivity index (χ1v) is 14.2. The summed E-state index contributed by atoms with van der Waals surface area (Å²) in [4.78, 5) is 16.4. The molecule has 0 N–H and O–H groups in total. The van der Waals surface area contributed by atoms with Gasteiger partial charge in [-0.1, -0.05) is 48.0 Å². The Morgan fingerprint density at radius 3 is 2.09 bits per heavy atom. The molecule has 4 saturated carbocycles. The van der Waals surface area contributed by atoms with Crippen molar-refractivity contribution in [2.75, 3.05) is 26.2 Å². The Bertz CT molecular complexity index is 1170. The minimum absolute atomic E-state index is 0.131. The number of aryl methyl sites for hydroxylation is 1. The molecule has 2 aromatic carbocycles. The van der Waals surface area contributed by atoms with E-state index in [0.29, 0.717) is 42.9 Å². The van der Waals surface area contributed by atoms with Crippen LogP contribution in [0, 0.1) is 24.2 Å². The lowest BCUT2D eigenvalue weighted by Gasteiger charge is -2.62. The molecule has 1 saturated heterocycles. The minimum Gasteiger partial charge on any atom is -0.340 e. The maximum absolute atomic E-state index is 14.1. The van der Waals surface area contributed by atoms with Crippen molar-refractivity contribution >= 4 is 15.9 Å². The zero-order valence-electron chi connectivity index (χ0n) is 19.9. The summed E-state index contributed by atoms with van der Waals surface area (Å²) in [6, 6.07) is 17.7. The van der Waals surface area contributed by atoms with Gasteiger partial charge in [-0.05, 0) is 80.4 Å². The van der Waals surface area contributed by atoms with E-state index in [2.05, 4.69) is 31.2 Å². The Morgan fingerprint density at radius 2 is 1.47 bits per heavy atom. The smallest absolute Gasteiger partial charge is 0.243 e. The summed E-state index contributed by atoms with van der Waals surface area (Å²) in [7, 11) is -3.51. The lowest BCUT2D eigenvalue weighted by molar-refractivity contribution is -0.161. The fourth-order valence-corrected chi connectivity index (χ4v) is 9.41. The molecule has 2 aromatic rings. The molecule has 2 unspecified atom stereocenters. The molecule has 6 heteroatoms. The van der Waals surface area contributed by atoms with Gasteiger partial charge in [0, 0.05) is 26.2 Å². The highest BCUT2D eigenvalue weighted by atomic mass is 32.2. The highest BCUT2D eigenvalue weighted by molar-refractivity contribution is 7.89. The number of carbonyl (C=O) groups is 1. The van der Waals surface area contributed by atoms with Gasteiger partial charge in [-0.2, -0.15) is 4.31 Å². The van der Waals surface area contributed by atoms with Crippen LogP contribution in [0.1, 0.15) is 49.7 Å². The highest BCUT2D eigenvalue weighted by Crippen LogP contribution is 2.66. The summed E-state index contributed by atoms with van der Waals surface area (Å²) in [6.45, 7) is 3.84. The van der Waals surface area contributed by atoms with Crippen LogP contribution in [0.3, 0.4) is 0 Å². The minimum atomic E-state index is -3.51. The number of carbonyl (C=O) groups excluding carboxylic acids is 1. The standard InChI is InChI=1S/C28H34N2O3S/c1-21-7-9-24(10-8-21)27-16-22-15-23(17-27)19-28(18-22,20-27)26(31)29-11-13-30(14-12-29)34(32,33)25-5-3-2-4-6-25/h2-10,22-23H,11-20H2,1H3/t22-,23+,27?,28?. The number of sulfonamides is 1. The van der Waals surface area contributed by atoms with Crippen molar-refractivity contribution in [3.63, 3.8) is 0 Å². The van der Waals surface area contributed by atoms with E-state index in [0.717, 1.165) is 19.3 Å². The molecule has 34 heavy (non-hydrogen) atoms. The first-order valence-electron chi connectivity index (χ1n) is 12.7. The van der Waals surface area contributed by atoms with Gasteiger partial charge in [0.2, 0.25) is 15.9 Å². The topological polar surface area (TPSA) is 57.7 Å². The molecule has 5 fully saturated rings. The number of amides is 1. The van der Waals surface area contributed by atoms with Crippen LogP contribution in [0.5, 0.6) is 0 Å². The number of hydrogen-bond acceptors (Lipinski definition) is 3. The van der Waals surface area contributed by atoms with E-state index in [4.69, 9.17) is 0 Å². The van der Waals surface area contributed by atoms with E-state index >= 15 is 0 Å². The van der Waals surface area contributed by atoms with Crippen molar-refractivity contribution in [2.45, 2.75) is 55.8 Å². The van der Waals surface area contributed by atoms with Gasteiger partial charge in [0.1, 0.15) is 0 Å². The van der Waals surface area contributed by atoms with Crippen LogP contribution in [-0.2, 0) is 20.2 Å². The fraction of sp³-hybridized carbons (Fsp3) is 0.536. The third-order valence-electron chi connectivity index (χ3n) is 9.09. The zero-order chi connectivity index (χ0) is 23.6. The first-order chi connectivity index (χ1) is 16.3. The molecule has 1 amide bonds. The van der Waals surface area contributed by atoms with Gasteiger partial charge in [0.15, 0.2) is 0 Å². The van der Waals surface area contributed by atoms with Crippen LogP contribution in [0.4, 0.5) is 0 Å². The third-order valence-corrected chi connectivity index (χ3v) is 11.0.